The Balaban J connectivity index is 1.20. The molecule has 2 heterocycles. The zero-order valence-electron chi connectivity index (χ0n) is 19.1. The van der Waals surface area contributed by atoms with Gasteiger partial charge in [0.25, 0.3) is 5.88 Å². The van der Waals surface area contributed by atoms with Crippen LogP contribution >= 0.6 is 0 Å². The summed E-state index contributed by atoms with van der Waals surface area (Å²) in [5.41, 5.74) is 1.07. The van der Waals surface area contributed by atoms with E-state index in [1.165, 1.54) is 30.3 Å². The van der Waals surface area contributed by atoms with E-state index >= 15 is 0 Å². The Hall–Kier alpha value is -4.81. The summed E-state index contributed by atoms with van der Waals surface area (Å²) in [5, 5.41) is 10.2. The fourth-order valence-corrected chi connectivity index (χ4v) is 2.99. The highest BCUT2D eigenvalue weighted by Crippen LogP contribution is 2.23. The van der Waals surface area contributed by atoms with E-state index in [1.807, 2.05) is 0 Å². The van der Waals surface area contributed by atoms with Crippen molar-refractivity contribution in [3.05, 3.63) is 78.6 Å². The molecular formula is C24H20F3N5O5. The molecule has 37 heavy (non-hydrogen) atoms. The predicted octanol–water partition coefficient (Wildman–Crippen LogP) is 5.42. The first kappa shape index (κ1) is 25.3. The van der Waals surface area contributed by atoms with E-state index in [0.29, 0.717) is 30.2 Å². The standard InChI is InChI=1S/C24H20F3N5O5/c25-24(26,27)37-20-7-2-17(3-8-20)4-11-21-30-22(16-35-21)36-23(33)29-18-5-9-19(10-6-18)34-15-1-13-32-14-12-28-31-32/h2-12,14,16H,1,13,15H2,(H,29,33). The molecule has 1 amide bonds. The Morgan fingerprint density at radius 3 is 2.51 bits per heavy atom. The smallest absolute Gasteiger partial charge is 0.494 e. The zero-order chi connectivity index (χ0) is 26.1. The van der Waals surface area contributed by atoms with Crippen molar-refractivity contribution in [1.29, 1.82) is 0 Å². The van der Waals surface area contributed by atoms with Crippen molar-refractivity contribution in [2.75, 3.05) is 11.9 Å². The Bertz CT molecular complexity index is 1300. The molecule has 0 atom stereocenters. The Labute approximate surface area is 208 Å². The SMILES string of the molecule is O=C(Nc1ccc(OCCCn2ccnn2)cc1)Oc1coc(C=Cc2ccc(OC(F)(F)F)cc2)n1. The molecule has 0 aliphatic carbocycles. The molecule has 2 aromatic heterocycles. The fourth-order valence-electron chi connectivity index (χ4n) is 2.99. The van der Waals surface area contributed by atoms with Crippen molar-refractivity contribution < 1.29 is 36.6 Å². The van der Waals surface area contributed by atoms with Crippen LogP contribution in [0.1, 0.15) is 17.9 Å². The highest BCUT2D eigenvalue weighted by Gasteiger charge is 2.30. The van der Waals surface area contributed by atoms with Gasteiger partial charge >= 0.3 is 12.5 Å². The van der Waals surface area contributed by atoms with E-state index in [-0.39, 0.29) is 17.5 Å². The number of amides is 1. The van der Waals surface area contributed by atoms with Crippen LogP contribution in [0.5, 0.6) is 17.4 Å². The first-order valence-electron chi connectivity index (χ1n) is 10.9. The molecule has 4 aromatic rings. The van der Waals surface area contributed by atoms with Gasteiger partial charge in [0.05, 0.1) is 12.8 Å². The lowest BCUT2D eigenvalue weighted by Crippen LogP contribution is -2.16. The molecule has 192 valence electrons. The predicted molar refractivity (Wildman–Crippen MR) is 125 cm³/mol. The lowest BCUT2D eigenvalue weighted by atomic mass is 10.2. The van der Waals surface area contributed by atoms with E-state index < -0.39 is 12.5 Å². The molecule has 0 aliphatic heterocycles. The lowest BCUT2D eigenvalue weighted by molar-refractivity contribution is -0.274. The van der Waals surface area contributed by atoms with Gasteiger partial charge in [-0.15, -0.1) is 18.3 Å². The number of hydrogen-bond acceptors (Lipinski definition) is 8. The number of rotatable bonds is 10. The van der Waals surface area contributed by atoms with Gasteiger partial charge < -0.3 is 18.6 Å². The molecule has 4 rings (SSSR count). The maximum absolute atomic E-state index is 12.2. The van der Waals surface area contributed by atoms with Crippen LogP contribution in [0.25, 0.3) is 12.2 Å². The highest BCUT2D eigenvalue weighted by atomic mass is 19.4. The molecule has 0 fully saturated rings. The van der Waals surface area contributed by atoms with Gasteiger partial charge in [-0.25, -0.2) is 4.79 Å². The number of anilines is 1. The Kier molecular flexibility index (Phi) is 8.03. The van der Waals surface area contributed by atoms with Crippen LogP contribution in [0, 0.1) is 0 Å². The van der Waals surface area contributed by atoms with Crippen LogP contribution in [0.3, 0.4) is 0 Å². The van der Waals surface area contributed by atoms with Crippen molar-refractivity contribution in [2.45, 2.75) is 19.3 Å². The molecule has 0 spiro atoms. The van der Waals surface area contributed by atoms with Crippen LogP contribution in [0.15, 0.2) is 71.6 Å². The largest absolute Gasteiger partial charge is 0.573 e. The molecule has 0 bridgehead atoms. The van der Waals surface area contributed by atoms with Gasteiger partial charge in [-0.2, -0.15) is 4.98 Å². The van der Waals surface area contributed by atoms with E-state index in [9.17, 15) is 18.0 Å². The minimum absolute atomic E-state index is 0.0709. The number of alkyl halides is 3. The highest BCUT2D eigenvalue weighted by molar-refractivity contribution is 5.86. The number of ether oxygens (including phenoxy) is 3. The average Bonchev–Trinajstić information content (AvgIpc) is 3.54. The summed E-state index contributed by atoms with van der Waals surface area (Å²) in [5.74, 6) is 0.374. The molecule has 0 aliphatic rings. The van der Waals surface area contributed by atoms with Crippen LogP contribution in [-0.4, -0.2) is 39.0 Å². The quantitative estimate of drug-likeness (QED) is 0.279. The number of oxazole rings is 1. The summed E-state index contributed by atoms with van der Waals surface area (Å²) in [4.78, 5) is 16.1. The van der Waals surface area contributed by atoms with Crippen LogP contribution in [-0.2, 0) is 6.54 Å². The average molecular weight is 515 g/mol. The summed E-state index contributed by atoms with van der Waals surface area (Å²) in [6.07, 6.45) is 2.80. The van der Waals surface area contributed by atoms with Crippen molar-refractivity contribution in [3.63, 3.8) is 0 Å². The third-order valence-corrected chi connectivity index (χ3v) is 4.60. The lowest BCUT2D eigenvalue weighted by Gasteiger charge is -2.08. The molecule has 13 heteroatoms. The molecule has 0 unspecified atom stereocenters. The van der Waals surface area contributed by atoms with E-state index in [2.05, 4.69) is 25.3 Å². The Morgan fingerprint density at radius 1 is 1.05 bits per heavy atom. The summed E-state index contributed by atoms with van der Waals surface area (Å²) >= 11 is 0. The second-order valence-corrected chi connectivity index (χ2v) is 7.38. The second kappa shape index (κ2) is 11.7. The number of nitrogens with zero attached hydrogens (tertiary/aromatic N) is 4. The molecule has 0 saturated carbocycles. The number of benzene rings is 2. The maximum Gasteiger partial charge on any atom is 0.573 e. The van der Waals surface area contributed by atoms with E-state index in [1.54, 1.807) is 47.4 Å². The topological polar surface area (TPSA) is 114 Å². The number of aryl methyl sites for hydroxylation is 1. The summed E-state index contributed by atoms with van der Waals surface area (Å²) in [6.45, 7) is 1.19. The molecule has 1 N–H and O–H groups in total. The maximum atomic E-state index is 12.2. The normalized spacial score (nSPS) is 11.4. The van der Waals surface area contributed by atoms with Crippen LogP contribution < -0.4 is 19.5 Å². The van der Waals surface area contributed by atoms with Gasteiger partial charge in [-0.1, -0.05) is 17.3 Å². The molecule has 10 nitrogen and oxygen atoms in total. The zero-order valence-corrected chi connectivity index (χ0v) is 19.1. The molecule has 0 saturated heterocycles. The van der Waals surface area contributed by atoms with Crippen LogP contribution in [0.4, 0.5) is 23.7 Å². The third kappa shape index (κ3) is 8.42. The minimum Gasteiger partial charge on any atom is -0.494 e. The van der Waals surface area contributed by atoms with Crippen molar-refractivity contribution in [2.24, 2.45) is 0 Å². The van der Waals surface area contributed by atoms with Gasteiger partial charge in [-0.05, 0) is 48.0 Å². The minimum atomic E-state index is -4.75. The van der Waals surface area contributed by atoms with Crippen molar-refractivity contribution >= 4 is 23.9 Å². The molecule has 0 radical (unpaired) electrons. The monoisotopic (exact) mass is 515 g/mol. The number of carbonyl (C=O) groups is 1. The van der Waals surface area contributed by atoms with Gasteiger partial charge in [0, 0.05) is 30.9 Å². The second-order valence-electron chi connectivity index (χ2n) is 7.38. The first-order chi connectivity index (χ1) is 17.8. The van der Waals surface area contributed by atoms with E-state index in [0.717, 1.165) is 12.7 Å². The summed E-state index contributed by atoms with van der Waals surface area (Å²) in [7, 11) is 0. The van der Waals surface area contributed by atoms with Crippen LogP contribution in [0.2, 0.25) is 0 Å². The van der Waals surface area contributed by atoms with Gasteiger partial charge in [0.15, 0.2) is 6.26 Å². The van der Waals surface area contributed by atoms with Gasteiger partial charge in [0.1, 0.15) is 11.5 Å². The summed E-state index contributed by atoms with van der Waals surface area (Å²) < 4.78 is 58.2. The van der Waals surface area contributed by atoms with Crippen molar-refractivity contribution in [3.8, 4) is 17.4 Å². The summed E-state index contributed by atoms with van der Waals surface area (Å²) in [6, 6.07) is 12.0. The molecular weight excluding hydrogens is 495 g/mol. The van der Waals surface area contributed by atoms with Gasteiger partial charge in [0.2, 0.25) is 5.89 Å². The Morgan fingerprint density at radius 2 is 1.81 bits per heavy atom. The fraction of sp³-hybridized carbons (Fsp3) is 0.167. The number of hydrogen-bond donors (Lipinski definition) is 1. The van der Waals surface area contributed by atoms with Gasteiger partial charge in [-0.3, -0.25) is 10.00 Å². The number of nitrogens with one attached hydrogen (secondary N) is 1. The number of carbonyl (C=O) groups excluding carboxylic acids is 1. The van der Waals surface area contributed by atoms with E-state index in [4.69, 9.17) is 13.9 Å². The number of halogens is 3. The third-order valence-electron chi connectivity index (χ3n) is 4.60. The van der Waals surface area contributed by atoms with Crippen molar-refractivity contribution in [1.82, 2.24) is 20.0 Å². The molecule has 2 aromatic carbocycles. The number of aromatic nitrogens is 4. The first-order valence-corrected chi connectivity index (χ1v) is 10.9.